The van der Waals surface area contributed by atoms with Gasteiger partial charge in [0.25, 0.3) is 0 Å². The van der Waals surface area contributed by atoms with E-state index >= 15 is 0 Å². The molecule has 0 aliphatic heterocycles. The van der Waals surface area contributed by atoms with Gasteiger partial charge in [0, 0.05) is 13.2 Å². The van der Waals surface area contributed by atoms with Crippen molar-refractivity contribution >= 4 is 11.8 Å². The molecule has 0 aliphatic carbocycles. The van der Waals surface area contributed by atoms with Gasteiger partial charge in [0.2, 0.25) is 0 Å². The lowest BCUT2D eigenvalue weighted by atomic mass is 10.3. The molecule has 4 heteroatoms. The van der Waals surface area contributed by atoms with Crippen molar-refractivity contribution in [3.63, 3.8) is 0 Å². The molecule has 3 nitrogen and oxygen atoms in total. The maximum absolute atomic E-state index is 8.61. The van der Waals surface area contributed by atoms with Crippen LogP contribution in [0, 0.1) is 0 Å². The standard InChI is InChI=1S/C9H15NO2S/c10-7-9(13-6-2-4-11)8-3-1-5-12-8/h1,3,5,9,11H,2,4,6-7,10H2. The summed E-state index contributed by atoms with van der Waals surface area (Å²) in [6.07, 6.45) is 2.46. The maximum atomic E-state index is 8.61. The first-order chi connectivity index (χ1) is 6.38. The minimum Gasteiger partial charge on any atom is -0.468 e. The summed E-state index contributed by atoms with van der Waals surface area (Å²) in [5.74, 6) is 1.84. The molecule has 0 aliphatic rings. The number of rotatable bonds is 6. The Bertz CT molecular complexity index is 213. The Hall–Kier alpha value is -0.450. The second-order valence-electron chi connectivity index (χ2n) is 2.69. The molecular weight excluding hydrogens is 186 g/mol. The van der Waals surface area contributed by atoms with E-state index in [1.165, 1.54) is 0 Å². The Labute approximate surface area is 82.3 Å². The number of furan rings is 1. The Kier molecular flexibility index (Phi) is 4.97. The average Bonchev–Trinajstić information content (AvgIpc) is 2.65. The van der Waals surface area contributed by atoms with Crippen molar-refractivity contribution < 1.29 is 9.52 Å². The summed E-state index contributed by atoms with van der Waals surface area (Å²) in [6, 6.07) is 3.80. The van der Waals surface area contributed by atoms with Crippen LogP contribution >= 0.6 is 11.8 Å². The van der Waals surface area contributed by atoms with Crippen LogP contribution in [-0.4, -0.2) is 24.0 Å². The second kappa shape index (κ2) is 6.07. The lowest BCUT2D eigenvalue weighted by Gasteiger charge is -2.10. The summed E-state index contributed by atoms with van der Waals surface area (Å²) in [5.41, 5.74) is 5.60. The van der Waals surface area contributed by atoms with Crippen molar-refractivity contribution in [2.75, 3.05) is 18.9 Å². The predicted molar refractivity (Wildman–Crippen MR) is 54.7 cm³/mol. The molecule has 1 heterocycles. The van der Waals surface area contributed by atoms with Gasteiger partial charge in [-0.3, -0.25) is 0 Å². The SMILES string of the molecule is NCC(SCCCO)c1ccco1. The third-order valence-electron chi connectivity index (χ3n) is 1.70. The highest BCUT2D eigenvalue weighted by molar-refractivity contribution is 7.99. The highest BCUT2D eigenvalue weighted by Crippen LogP contribution is 2.28. The fourth-order valence-corrected chi connectivity index (χ4v) is 2.05. The van der Waals surface area contributed by atoms with E-state index in [9.17, 15) is 0 Å². The van der Waals surface area contributed by atoms with Gasteiger partial charge in [-0.2, -0.15) is 0 Å². The Balaban J connectivity index is 2.35. The van der Waals surface area contributed by atoms with E-state index < -0.39 is 0 Å². The van der Waals surface area contributed by atoms with Crippen LogP contribution in [0.4, 0.5) is 0 Å². The summed E-state index contributed by atoms with van der Waals surface area (Å²) in [5, 5.41) is 8.84. The predicted octanol–water partition coefficient (Wildman–Crippen LogP) is 1.39. The molecule has 0 fully saturated rings. The summed E-state index contributed by atoms with van der Waals surface area (Å²) in [6.45, 7) is 0.812. The zero-order chi connectivity index (χ0) is 9.52. The number of hydrogen-bond acceptors (Lipinski definition) is 4. The number of aliphatic hydroxyl groups is 1. The summed E-state index contributed by atoms with van der Waals surface area (Å²) in [7, 11) is 0. The topological polar surface area (TPSA) is 59.4 Å². The van der Waals surface area contributed by atoms with Crippen LogP contribution in [-0.2, 0) is 0 Å². The smallest absolute Gasteiger partial charge is 0.118 e. The van der Waals surface area contributed by atoms with Gasteiger partial charge in [-0.15, -0.1) is 11.8 Å². The molecule has 0 radical (unpaired) electrons. The molecule has 0 bridgehead atoms. The quantitative estimate of drug-likeness (QED) is 0.683. The van der Waals surface area contributed by atoms with Crippen LogP contribution in [0.15, 0.2) is 22.8 Å². The first-order valence-corrected chi connectivity index (χ1v) is 5.39. The lowest BCUT2D eigenvalue weighted by Crippen LogP contribution is -2.09. The highest BCUT2D eigenvalue weighted by Gasteiger charge is 2.11. The first-order valence-electron chi connectivity index (χ1n) is 4.34. The fourth-order valence-electron chi connectivity index (χ4n) is 1.03. The van der Waals surface area contributed by atoms with Gasteiger partial charge in [-0.1, -0.05) is 0 Å². The van der Waals surface area contributed by atoms with Crippen LogP contribution in [0.25, 0.3) is 0 Å². The molecule has 1 unspecified atom stereocenters. The largest absolute Gasteiger partial charge is 0.468 e. The molecule has 0 aromatic carbocycles. The third kappa shape index (κ3) is 3.42. The van der Waals surface area contributed by atoms with E-state index in [-0.39, 0.29) is 11.9 Å². The monoisotopic (exact) mass is 201 g/mol. The first kappa shape index (κ1) is 10.6. The molecule has 1 aromatic heterocycles. The van der Waals surface area contributed by atoms with Crippen molar-refractivity contribution in [1.29, 1.82) is 0 Å². The zero-order valence-electron chi connectivity index (χ0n) is 7.48. The van der Waals surface area contributed by atoms with Crippen molar-refractivity contribution in [3.8, 4) is 0 Å². The van der Waals surface area contributed by atoms with E-state index in [0.29, 0.717) is 6.54 Å². The molecule has 0 spiro atoms. The van der Waals surface area contributed by atoms with Gasteiger partial charge >= 0.3 is 0 Å². The van der Waals surface area contributed by atoms with Crippen LogP contribution in [0.2, 0.25) is 0 Å². The number of hydrogen-bond donors (Lipinski definition) is 2. The molecular formula is C9H15NO2S. The molecule has 0 saturated carbocycles. The molecule has 0 amide bonds. The van der Waals surface area contributed by atoms with Crippen LogP contribution in [0.5, 0.6) is 0 Å². The van der Waals surface area contributed by atoms with E-state index in [2.05, 4.69) is 0 Å². The Morgan fingerprint density at radius 3 is 3.00 bits per heavy atom. The van der Waals surface area contributed by atoms with Crippen LogP contribution in [0.3, 0.4) is 0 Å². The normalized spacial score (nSPS) is 13.1. The minimum absolute atomic E-state index is 0.224. The summed E-state index contributed by atoms with van der Waals surface area (Å²) in [4.78, 5) is 0. The van der Waals surface area contributed by atoms with Gasteiger partial charge in [0.15, 0.2) is 0 Å². The minimum atomic E-state index is 0.224. The molecule has 0 saturated heterocycles. The van der Waals surface area contributed by atoms with E-state index in [1.807, 2.05) is 12.1 Å². The van der Waals surface area contributed by atoms with Crippen molar-refractivity contribution in [1.82, 2.24) is 0 Å². The summed E-state index contributed by atoms with van der Waals surface area (Å²) < 4.78 is 5.25. The molecule has 74 valence electrons. The Morgan fingerprint density at radius 2 is 2.46 bits per heavy atom. The molecule has 13 heavy (non-hydrogen) atoms. The number of thioether (sulfide) groups is 1. The van der Waals surface area contributed by atoms with Gasteiger partial charge in [0.05, 0.1) is 11.5 Å². The van der Waals surface area contributed by atoms with E-state index in [1.54, 1.807) is 18.0 Å². The second-order valence-corrected chi connectivity index (χ2v) is 4.00. The van der Waals surface area contributed by atoms with E-state index in [4.69, 9.17) is 15.3 Å². The summed E-state index contributed by atoms with van der Waals surface area (Å²) >= 11 is 1.73. The number of aliphatic hydroxyl groups excluding tert-OH is 1. The van der Waals surface area contributed by atoms with Crippen molar-refractivity contribution in [2.24, 2.45) is 5.73 Å². The van der Waals surface area contributed by atoms with Gasteiger partial charge < -0.3 is 15.3 Å². The molecule has 1 aromatic rings. The van der Waals surface area contributed by atoms with Gasteiger partial charge in [-0.25, -0.2) is 0 Å². The maximum Gasteiger partial charge on any atom is 0.118 e. The third-order valence-corrected chi connectivity index (χ3v) is 3.05. The zero-order valence-corrected chi connectivity index (χ0v) is 8.30. The number of nitrogens with two attached hydrogens (primary N) is 1. The van der Waals surface area contributed by atoms with Gasteiger partial charge in [0.1, 0.15) is 5.76 Å². The molecule has 3 N–H and O–H groups in total. The fraction of sp³-hybridized carbons (Fsp3) is 0.556. The van der Waals surface area contributed by atoms with E-state index in [0.717, 1.165) is 17.9 Å². The van der Waals surface area contributed by atoms with Crippen molar-refractivity contribution in [2.45, 2.75) is 11.7 Å². The average molecular weight is 201 g/mol. The Morgan fingerprint density at radius 1 is 1.62 bits per heavy atom. The van der Waals surface area contributed by atoms with Crippen molar-refractivity contribution in [3.05, 3.63) is 24.2 Å². The lowest BCUT2D eigenvalue weighted by molar-refractivity contribution is 0.296. The molecule has 1 rings (SSSR count). The highest BCUT2D eigenvalue weighted by atomic mass is 32.2. The molecule has 1 atom stereocenters. The van der Waals surface area contributed by atoms with Gasteiger partial charge in [-0.05, 0) is 24.3 Å². The van der Waals surface area contributed by atoms with Crippen LogP contribution in [0.1, 0.15) is 17.4 Å². The van der Waals surface area contributed by atoms with Crippen LogP contribution < -0.4 is 5.73 Å².